The molecule has 1 atom stereocenters. The Labute approximate surface area is 133 Å². The highest BCUT2D eigenvalue weighted by atomic mass is 16.5. The Morgan fingerprint density at radius 3 is 2.55 bits per heavy atom. The van der Waals surface area contributed by atoms with Gasteiger partial charge < -0.3 is 9.64 Å². The molecular weight excluding hydrogens is 274 g/mol. The number of amides is 1. The SMILES string of the molecule is O=C(C1CC=CCC1)N1CCC(COc2ccccc2)CC1. The molecule has 0 saturated carbocycles. The van der Waals surface area contributed by atoms with Gasteiger partial charge in [-0.05, 0) is 50.2 Å². The molecule has 0 aromatic heterocycles. The Hall–Kier alpha value is -1.77. The van der Waals surface area contributed by atoms with E-state index in [4.69, 9.17) is 4.74 Å². The van der Waals surface area contributed by atoms with Gasteiger partial charge in [0.15, 0.2) is 0 Å². The Kier molecular flexibility index (Phi) is 5.15. The van der Waals surface area contributed by atoms with Crippen LogP contribution in [0, 0.1) is 11.8 Å². The van der Waals surface area contributed by atoms with Crippen LogP contribution in [0.5, 0.6) is 5.75 Å². The summed E-state index contributed by atoms with van der Waals surface area (Å²) < 4.78 is 5.84. The van der Waals surface area contributed by atoms with Crippen molar-refractivity contribution in [3.8, 4) is 5.75 Å². The molecule has 1 amide bonds. The second-order valence-corrected chi connectivity index (χ2v) is 6.37. The maximum atomic E-state index is 12.5. The lowest BCUT2D eigenvalue weighted by molar-refractivity contribution is -0.137. The third-order valence-electron chi connectivity index (χ3n) is 4.77. The summed E-state index contributed by atoms with van der Waals surface area (Å²) in [4.78, 5) is 14.6. The number of allylic oxidation sites excluding steroid dienone is 2. The van der Waals surface area contributed by atoms with Crippen LogP contribution in [0.15, 0.2) is 42.5 Å². The van der Waals surface area contributed by atoms with Gasteiger partial charge in [-0.3, -0.25) is 4.79 Å². The third kappa shape index (κ3) is 3.90. The Morgan fingerprint density at radius 2 is 1.86 bits per heavy atom. The predicted molar refractivity (Wildman–Crippen MR) is 87.7 cm³/mol. The van der Waals surface area contributed by atoms with E-state index < -0.39 is 0 Å². The largest absolute Gasteiger partial charge is 0.493 e. The summed E-state index contributed by atoms with van der Waals surface area (Å²) >= 11 is 0. The van der Waals surface area contributed by atoms with Crippen molar-refractivity contribution in [3.05, 3.63) is 42.5 Å². The fraction of sp³-hybridized carbons (Fsp3) is 0.526. The lowest BCUT2D eigenvalue weighted by Crippen LogP contribution is -2.42. The number of hydrogen-bond donors (Lipinski definition) is 0. The van der Waals surface area contributed by atoms with Crippen LogP contribution in [-0.2, 0) is 4.79 Å². The van der Waals surface area contributed by atoms with Crippen molar-refractivity contribution < 1.29 is 9.53 Å². The van der Waals surface area contributed by atoms with Crippen molar-refractivity contribution >= 4 is 5.91 Å². The highest BCUT2D eigenvalue weighted by Gasteiger charge is 2.28. The standard InChI is InChI=1S/C19H25NO2/c21-19(17-7-3-1-4-8-17)20-13-11-16(12-14-20)15-22-18-9-5-2-6-10-18/h1-3,5-6,9-10,16-17H,4,7-8,11-15H2. The van der Waals surface area contributed by atoms with Crippen LogP contribution in [0.2, 0.25) is 0 Å². The first kappa shape index (κ1) is 15.1. The number of nitrogens with zero attached hydrogens (tertiary/aromatic N) is 1. The summed E-state index contributed by atoms with van der Waals surface area (Å²) in [6.07, 6.45) is 9.46. The number of carbonyl (C=O) groups is 1. The van der Waals surface area contributed by atoms with Crippen molar-refractivity contribution in [3.63, 3.8) is 0 Å². The van der Waals surface area contributed by atoms with E-state index in [-0.39, 0.29) is 5.92 Å². The first-order chi connectivity index (χ1) is 10.8. The first-order valence-corrected chi connectivity index (χ1v) is 8.44. The van der Waals surface area contributed by atoms with Crippen LogP contribution >= 0.6 is 0 Å². The maximum absolute atomic E-state index is 12.5. The second-order valence-electron chi connectivity index (χ2n) is 6.37. The van der Waals surface area contributed by atoms with E-state index in [1.54, 1.807) is 0 Å². The second kappa shape index (κ2) is 7.48. The molecule has 1 fully saturated rings. The molecule has 0 radical (unpaired) electrons. The van der Waals surface area contributed by atoms with Crippen LogP contribution < -0.4 is 4.74 Å². The molecule has 1 aliphatic heterocycles. The van der Waals surface area contributed by atoms with Gasteiger partial charge in [-0.25, -0.2) is 0 Å². The highest BCUT2D eigenvalue weighted by molar-refractivity contribution is 5.79. The summed E-state index contributed by atoms with van der Waals surface area (Å²) in [5, 5.41) is 0. The highest BCUT2D eigenvalue weighted by Crippen LogP contribution is 2.25. The van der Waals surface area contributed by atoms with Crippen molar-refractivity contribution in [2.75, 3.05) is 19.7 Å². The van der Waals surface area contributed by atoms with Crippen LogP contribution in [0.1, 0.15) is 32.1 Å². The van der Waals surface area contributed by atoms with Crippen LogP contribution in [-0.4, -0.2) is 30.5 Å². The van der Waals surface area contributed by atoms with Gasteiger partial charge in [-0.1, -0.05) is 30.4 Å². The zero-order valence-electron chi connectivity index (χ0n) is 13.1. The predicted octanol–water partition coefficient (Wildman–Crippen LogP) is 3.66. The fourth-order valence-corrected chi connectivity index (χ4v) is 3.33. The molecule has 118 valence electrons. The molecule has 1 saturated heterocycles. The van der Waals surface area contributed by atoms with E-state index in [0.717, 1.165) is 57.6 Å². The van der Waals surface area contributed by atoms with Gasteiger partial charge in [0.25, 0.3) is 0 Å². The lowest BCUT2D eigenvalue weighted by atomic mass is 9.91. The number of piperidine rings is 1. The van der Waals surface area contributed by atoms with E-state index in [0.29, 0.717) is 11.8 Å². The Bertz CT molecular complexity index is 503. The molecule has 0 spiro atoms. The third-order valence-corrected chi connectivity index (χ3v) is 4.77. The number of ether oxygens (including phenoxy) is 1. The van der Waals surface area contributed by atoms with Crippen LogP contribution in [0.4, 0.5) is 0 Å². The van der Waals surface area contributed by atoms with Crippen LogP contribution in [0.25, 0.3) is 0 Å². The molecule has 1 aromatic carbocycles. The van der Waals surface area contributed by atoms with E-state index in [1.807, 2.05) is 30.3 Å². The van der Waals surface area contributed by atoms with Crippen molar-refractivity contribution in [2.45, 2.75) is 32.1 Å². The normalized spacial score (nSPS) is 22.5. The molecule has 3 nitrogen and oxygen atoms in total. The molecule has 1 heterocycles. The zero-order chi connectivity index (χ0) is 15.2. The fourth-order valence-electron chi connectivity index (χ4n) is 3.33. The molecule has 3 heteroatoms. The van der Waals surface area contributed by atoms with E-state index >= 15 is 0 Å². The average Bonchev–Trinajstić information content (AvgIpc) is 2.61. The van der Waals surface area contributed by atoms with E-state index in [9.17, 15) is 4.79 Å². The molecule has 0 bridgehead atoms. The minimum Gasteiger partial charge on any atom is -0.493 e. The summed E-state index contributed by atoms with van der Waals surface area (Å²) in [5.74, 6) is 2.10. The molecule has 22 heavy (non-hydrogen) atoms. The molecule has 0 N–H and O–H groups in total. The first-order valence-electron chi connectivity index (χ1n) is 8.44. The summed E-state index contributed by atoms with van der Waals surface area (Å²) in [6.45, 7) is 2.54. The lowest BCUT2D eigenvalue weighted by Gasteiger charge is -2.34. The number of para-hydroxylation sites is 1. The minimum atomic E-state index is 0.224. The molecule has 2 aliphatic rings. The van der Waals surface area contributed by atoms with E-state index in [2.05, 4.69) is 17.1 Å². The van der Waals surface area contributed by atoms with Crippen molar-refractivity contribution in [2.24, 2.45) is 11.8 Å². The summed E-state index contributed by atoms with van der Waals surface area (Å²) in [7, 11) is 0. The van der Waals surface area contributed by atoms with Gasteiger partial charge in [0.05, 0.1) is 6.61 Å². The van der Waals surface area contributed by atoms with Crippen molar-refractivity contribution in [1.82, 2.24) is 4.90 Å². The molecule has 1 aliphatic carbocycles. The topological polar surface area (TPSA) is 29.5 Å². The molecule has 1 aromatic rings. The monoisotopic (exact) mass is 299 g/mol. The maximum Gasteiger partial charge on any atom is 0.226 e. The number of likely N-dealkylation sites (tertiary alicyclic amines) is 1. The molecular formula is C19H25NO2. The van der Waals surface area contributed by atoms with Crippen LogP contribution in [0.3, 0.4) is 0 Å². The van der Waals surface area contributed by atoms with E-state index in [1.165, 1.54) is 0 Å². The van der Waals surface area contributed by atoms with Gasteiger partial charge >= 0.3 is 0 Å². The molecule has 3 rings (SSSR count). The number of hydrogen-bond acceptors (Lipinski definition) is 2. The van der Waals surface area contributed by atoms with Gasteiger partial charge in [0.1, 0.15) is 5.75 Å². The summed E-state index contributed by atoms with van der Waals surface area (Å²) in [5.41, 5.74) is 0. The Morgan fingerprint density at radius 1 is 1.09 bits per heavy atom. The zero-order valence-corrected chi connectivity index (χ0v) is 13.1. The number of rotatable bonds is 4. The van der Waals surface area contributed by atoms with Gasteiger partial charge in [0, 0.05) is 19.0 Å². The molecule has 1 unspecified atom stereocenters. The van der Waals surface area contributed by atoms with Gasteiger partial charge in [0.2, 0.25) is 5.91 Å². The minimum absolute atomic E-state index is 0.224. The number of benzene rings is 1. The average molecular weight is 299 g/mol. The smallest absolute Gasteiger partial charge is 0.226 e. The van der Waals surface area contributed by atoms with Gasteiger partial charge in [-0.15, -0.1) is 0 Å². The Balaban J connectivity index is 1.42. The van der Waals surface area contributed by atoms with Crippen molar-refractivity contribution in [1.29, 1.82) is 0 Å². The number of carbonyl (C=O) groups excluding carboxylic acids is 1. The summed E-state index contributed by atoms with van der Waals surface area (Å²) in [6, 6.07) is 9.98. The van der Waals surface area contributed by atoms with Gasteiger partial charge in [-0.2, -0.15) is 0 Å². The quantitative estimate of drug-likeness (QED) is 0.794.